The number of cyclic esters (lactones) is 1. The van der Waals surface area contributed by atoms with Gasteiger partial charge in [-0.2, -0.15) is 0 Å². The van der Waals surface area contributed by atoms with Gasteiger partial charge in [0.05, 0.1) is 25.2 Å². The summed E-state index contributed by atoms with van der Waals surface area (Å²) < 4.78 is 11.4. The second-order valence-electron chi connectivity index (χ2n) is 9.40. The number of nitrogens with one attached hydrogen (secondary N) is 1. The minimum Gasteiger partial charge on any atom is -0.508 e. The van der Waals surface area contributed by atoms with Crippen LogP contribution in [0.5, 0.6) is 11.5 Å². The molecular weight excluding hydrogens is 446 g/mol. The van der Waals surface area contributed by atoms with Crippen molar-refractivity contribution in [2.75, 3.05) is 48.1 Å². The zero-order valence-corrected chi connectivity index (χ0v) is 19.5. The predicted octanol–water partition coefficient (Wildman–Crippen LogP) is 3.53. The summed E-state index contributed by atoms with van der Waals surface area (Å²) in [6, 6.07) is 11.5. The molecule has 2 saturated heterocycles. The molecule has 2 atom stereocenters. The van der Waals surface area contributed by atoms with Crippen molar-refractivity contribution in [2.45, 2.75) is 31.7 Å². The van der Waals surface area contributed by atoms with Crippen LogP contribution >= 0.6 is 0 Å². The first-order valence-electron chi connectivity index (χ1n) is 12.3. The highest BCUT2D eigenvalue weighted by atomic mass is 16.5. The van der Waals surface area contributed by atoms with Gasteiger partial charge in [-0.05, 0) is 49.3 Å². The highest BCUT2D eigenvalue weighted by molar-refractivity contribution is 5.89. The van der Waals surface area contributed by atoms with E-state index in [0.29, 0.717) is 19.9 Å². The molecule has 9 heteroatoms. The number of rotatable bonds is 7. The summed E-state index contributed by atoms with van der Waals surface area (Å²) in [5.41, 5.74) is 0.948. The summed E-state index contributed by atoms with van der Waals surface area (Å²) >= 11 is 0. The predicted molar refractivity (Wildman–Crippen MR) is 133 cm³/mol. The molecule has 0 amide bonds. The lowest BCUT2D eigenvalue weighted by molar-refractivity contribution is -0.141. The van der Waals surface area contributed by atoms with E-state index in [9.17, 15) is 9.90 Å². The lowest BCUT2D eigenvalue weighted by Gasteiger charge is -2.27. The van der Waals surface area contributed by atoms with Crippen LogP contribution in [0.3, 0.4) is 0 Å². The van der Waals surface area contributed by atoms with Crippen molar-refractivity contribution in [3.8, 4) is 11.5 Å². The van der Waals surface area contributed by atoms with E-state index in [4.69, 9.17) is 9.47 Å². The Hall–Kier alpha value is -3.75. The summed E-state index contributed by atoms with van der Waals surface area (Å²) in [4.78, 5) is 25.5. The largest absolute Gasteiger partial charge is 0.508 e. The molecule has 35 heavy (non-hydrogen) atoms. The molecule has 0 aliphatic carbocycles. The van der Waals surface area contributed by atoms with Crippen LogP contribution in [0.1, 0.15) is 25.7 Å². The molecule has 1 unspecified atom stereocenters. The SMILES string of the molecule is O=C1OCCC1CCN1CNc2c1ncnc2N1CCC[C@@H]1COc1cccc2ccc(O)cc12. The minimum absolute atomic E-state index is 0.0172. The second kappa shape index (κ2) is 9.13. The fourth-order valence-corrected chi connectivity index (χ4v) is 5.36. The van der Waals surface area contributed by atoms with Crippen molar-refractivity contribution < 1.29 is 19.4 Å². The minimum atomic E-state index is -0.0814. The topological polar surface area (TPSA) is 100 Å². The van der Waals surface area contributed by atoms with E-state index < -0.39 is 0 Å². The van der Waals surface area contributed by atoms with E-state index >= 15 is 0 Å². The third kappa shape index (κ3) is 4.15. The lowest BCUT2D eigenvalue weighted by Crippen LogP contribution is -2.35. The molecule has 1 aromatic heterocycles. The number of aromatic hydroxyl groups is 1. The van der Waals surface area contributed by atoms with Crippen LogP contribution < -0.4 is 19.9 Å². The molecule has 0 bridgehead atoms. The molecule has 0 spiro atoms. The number of carbonyl (C=O) groups excluding carboxylic acids is 1. The Bertz CT molecular complexity index is 1250. The summed E-state index contributed by atoms with van der Waals surface area (Å²) in [6.45, 7) is 3.36. The molecule has 2 aromatic carbocycles. The van der Waals surface area contributed by atoms with Crippen molar-refractivity contribution in [2.24, 2.45) is 5.92 Å². The Morgan fingerprint density at radius 3 is 2.97 bits per heavy atom. The van der Waals surface area contributed by atoms with E-state index in [2.05, 4.69) is 25.1 Å². The van der Waals surface area contributed by atoms with E-state index in [1.807, 2.05) is 24.3 Å². The zero-order chi connectivity index (χ0) is 23.8. The summed E-state index contributed by atoms with van der Waals surface area (Å²) in [6.07, 6.45) is 5.27. The van der Waals surface area contributed by atoms with Gasteiger partial charge in [0, 0.05) is 18.5 Å². The van der Waals surface area contributed by atoms with Gasteiger partial charge in [-0.3, -0.25) is 4.79 Å². The molecule has 2 N–H and O–H groups in total. The molecule has 3 aliphatic heterocycles. The van der Waals surface area contributed by atoms with Crippen molar-refractivity contribution in [3.63, 3.8) is 0 Å². The molecule has 3 aliphatic rings. The smallest absolute Gasteiger partial charge is 0.309 e. The number of benzene rings is 2. The Morgan fingerprint density at radius 1 is 1.17 bits per heavy atom. The van der Waals surface area contributed by atoms with Crippen LogP contribution in [0.4, 0.5) is 17.3 Å². The number of hydrogen-bond acceptors (Lipinski definition) is 9. The maximum absolute atomic E-state index is 11.8. The number of fused-ring (bicyclic) bond motifs is 2. The Labute approximate surface area is 203 Å². The Balaban J connectivity index is 1.17. The van der Waals surface area contributed by atoms with Crippen LogP contribution in [-0.4, -0.2) is 60.1 Å². The summed E-state index contributed by atoms with van der Waals surface area (Å²) in [5.74, 6) is 2.69. The van der Waals surface area contributed by atoms with Crippen molar-refractivity contribution in [1.29, 1.82) is 0 Å². The van der Waals surface area contributed by atoms with E-state index in [1.165, 1.54) is 0 Å². The van der Waals surface area contributed by atoms with Crippen molar-refractivity contribution in [3.05, 3.63) is 42.7 Å². The van der Waals surface area contributed by atoms with Gasteiger partial charge in [0.15, 0.2) is 11.6 Å². The molecule has 182 valence electrons. The maximum atomic E-state index is 11.8. The van der Waals surface area contributed by atoms with Crippen LogP contribution in [0.15, 0.2) is 42.7 Å². The van der Waals surface area contributed by atoms with E-state index in [1.54, 1.807) is 18.5 Å². The highest BCUT2D eigenvalue weighted by Gasteiger charge is 2.33. The van der Waals surface area contributed by atoms with Crippen molar-refractivity contribution >= 4 is 34.1 Å². The van der Waals surface area contributed by atoms with Crippen LogP contribution in [0, 0.1) is 5.92 Å². The third-order valence-electron chi connectivity index (χ3n) is 7.25. The standard InChI is InChI=1S/C26H29N5O4/c32-20-7-6-17-3-1-5-22(21(17)13-20)35-14-19-4-2-10-31(19)25-23-24(27-15-28-25)30(16-29-23)11-8-18-9-12-34-26(18)33/h1,3,5-7,13,15,18-19,29,32H,2,4,8-12,14,16H2/t18?,19-/m1/s1. The van der Waals surface area contributed by atoms with Gasteiger partial charge in [0.25, 0.3) is 0 Å². The first-order valence-corrected chi connectivity index (χ1v) is 12.3. The Kier molecular flexibility index (Phi) is 5.67. The quantitative estimate of drug-likeness (QED) is 0.497. The zero-order valence-electron chi connectivity index (χ0n) is 19.5. The molecule has 4 heterocycles. The maximum Gasteiger partial charge on any atom is 0.309 e. The number of aromatic nitrogens is 2. The van der Waals surface area contributed by atoms with Gasteiger partial charge >= 0.3 is 5.97 Å². The molecule has 6 rings (SSSR count). The number of phenols is 1. The van der Waals surface area contributed by atoms with Gasteiger partial charge in [-0.15, -0.1) is 0 Å². The molecule has 2 fully saturated rings. The van der Waals surface area contributed by atoms with Gasteiger partial charge in [0.1, 0.15) is 30.1 Å². The monoisotopic (exact) mass is 475 g/mol. The molecular formula is C26H29N5O4. The lowest BCUT2D eigenvalue weighted by atomic mass is 10.0. The van der Waals surface area contributed by atoms with Crippen LogP contribution in [0.25, 0.3) is 10.8 Å². The average Bonchev–Trinajstić information content (AvgIpc) is 3.61. The number of nitrogens with zero attached hydrogens (tertiary/aromatic N) is 4. The first-order chi connectivity index (χ1) is 17.2. The molecule has 0 saturated carbocycles. The van der Waals surface area contributed by atoms with E-state index in [0.717, 1.165) is 72.6 Å². The van der Waals surface area contributed by atoms with Gasteiger partial charge in [0.2, 0.25) is 0 Å². The highest BCUT2D eigenvalue weighted by Crippen LogP contribution is 2.39. The molecule has 0 radical (unpaired) electrons. The summed E-state index contributed by atoms with van der Waals surface area (Å²) in [5, 5.41) is 15.4. The number of hydrogen-bond donors (Lipinski definition) is 2. The molecule has 9 nitrogen and oxygen atoms in total. The summed E-state index contributed by atoms with van der Waals surface area (Å²) in [7, 11) is 0. The average molecular weight is 476 g/mol. The normalized spacial score (nSPS) is 21.3. The van der Waals surface area contributed by atoms with E-state index in [-0.39, 0.29) is 23.7 Å². The molecule has 3 aromatic rings. The second-order valence-corrected chi connectivity index (χ2v) is 9.40. The third-order valence-corrected chi connectivity index (χ3v) is 7.25. The van der Waals surface area contributed by atoms with Crippen molar-refractivity contribution in [1.82, 2.24) is 9.97 Å². The van der Waals surface area contributed by atoms with Gasteiger partial charge in [-0.25, -0.2) is 9.97 Å². The fraction of sp³-hybridized carbons (Fsp3) is 0.423. The number of carbonyl (C=O) groups is 1. The van der Waals surface area contributed by atoms with Gasteiger partial charge < -0.3 is 29.7 Å². The number of phenolic OH excluding ortho intramolecular Hbond substituents is 1. The Morgan fingerprint density at radius 2 is 2.09 bits per heavy atom. The number of esters is 1. The fourth-order valence-electron chi connectivity index (χ4n) is 5.36. The number of anilines is 3. The van der Waals surface area contributed by atoms with Gasteiger partial charge in [-0.1, -0.05) is 18.2 Å². The van der Waals surface area contributed by atoms with Crippen LogP contribution in [-0.2, 0) is 9.53 Å². The van der Waals surface area contributed by atoms with Crippen LogP contribution in [0.2, 0.25) is 0 Å². The number of ether oxygens (including phenoxy) is 2. The first kappa shape index (κ1) is 21.8.